The van der Waals surface area contributed by atoms with Crippen molar-refractivity contribution in [1.82, 2.24) is 4.90 Å². The Balaban J connectivity index is 2.06. The second kappa shape index (κ2) is 6.15. The maximum Gasteiger partial charge on any atom is 0.310 e. The summed E-state index contributed by atoms with van der Waals surface area (Å²) in [5.74, 6) is -0.212. The van der Waals surface area contributed by atoms with Crippen LogP contribution in [0, 0.1) is 11.3 Å². The Kier molecular flexibility index (Phi) is 4.71. The zero-order valence-electron chi connectivity index (χ0n) is 12.7. The second-order valence-electron chi connectivity index (χ2n) is 6.77. The number of hydrogen-bond donors (Lipinski definition) is 1. The molecule has 0 aromatic rings. The van der Waals surface area contributed by atoms with E-state index in [0.717, 1.165) is 38.6 Å². The highest BCUT2D eigenvalue weighted by Gasteiger charge is 2.43. The van der Waals surface area contributed by atoms with E-state index in [1.165, 1.54) is 0 Å². The van der Waals surface area contributed by atoms with Gasteiger partial charge in [0.2, 0.25) is 5.91 Å². The molecule has 1 saturated carbocycles. The fourth-order valence-corrected chi connectivity index (χ4v) is 3.77. The quantitative estimate of drug-likeness (QED) is 0.865. The molecule has 1 saturated heterocycles. The molecule has 2 unspecified atom stereocenters. The minimum absolute atomic E-state index is 0.0494. The molecule has 114 valence electrons. The van der Waals surface area contributed by atoms with Gasteiger partial charge in [0.15, 0.2) is 0 Å². The summed E-state index contributed by atoms with van der Waals surface area (Å²) in [4.78, 5) is 26.2. The number of carbonyl (C=O) groups excluding carboxylic acids is 1. The van der Waals surface area contributed by atoms with E-state index in [4.69, 9.17) is 0 Å². The van der Waals surface area contributed by atoms with Crippen LogP contribution in [0.5, 0.6) is 0 Å². The van der Waals surface area contributed by atoms with E-state index in [1.54, 1.807) is 0 Å². The van der Waals surface area contributed by atoms with Gasteiger partial charge in [-0.2, -0.15) is 0 Å². The summed E-state index contributed by atoms with van der Waals surface area (Å²) in [5, 5.41) is 9.58. The zero-order valence-corrected chi connectivity index (χ0v) is 12.7. The highest BCUT2D eigenvalue weighted by molar-refractivity contribution is 5.85. The van der Waals surface area contributed by atoms with Crippen LogP contribution in [0.4, 0.5) is 0 Å². The minimum Gasteiger partial charge on any atom is -0.481 e. The predicted molar refractivity (Wildman–Crippen MR) is 77.3 cm³/mol. The largest absolute Gasteiger partial charge is 0.481 e. The third-order valence-corrected chi connectivity index (χ3v) is 5.45. The van der Waals surface area contributed by atoms with E-state index in [0.29, 0.717) is 18.8 Å². The first-order chi connectivity index (χ1) is 9.46. The topological polar surface area (TPSA) is 57.6 Å². The van der Waals surface area contributed by atoms with Crippen molar-refractivity contribution < 1.29 is 14.7 Å². The van der Waals surface area contributed by atoms with Gasteiger partial charge in [0.05, 0.1) is 5.41 Å². The van der Waals surface area contributed by atoms with Crippen molar-refractivity contribution in [2.24, 2.45) is 11.3 Å². The third kappa shape index (κ3) is 2.99. The van der Waals surface area contributed by atoms with E-state index in [9.17, 15) is 14.7 Å². The van der Waals surface area contributed by atoms with Crippen molar-refractivity contribution in [2.45, 2.75) is 71.3 Å². The lowest BCUT2D eigenvalue weighted by molar-refractivity contribution is -0.157. The smallest absolute Gasteiger partial charge is 0.310 e. The summed E-state index contributed by atoms with van der Waals surface area (Å²) in [6.07, 6.45) is 6.68. The van der Waals surface area contributed by atoms with E-state index in [1.807, 2.05) is 4.90 Å². The van der Waals surface area contributed by atoms with Crippen molar-refractivity contribution in [1.29, 1.82) is 0 Å². The molecular weight excluding hydrogens is 254 g/mol. The lowest BCUT2D eigenvalue weighted by atomic mass is 9.71. The van der Waals surface area contributed by atoms with Gasteiger partial charge in [0.1, 0.15) is 0 Å². The number of carboxylic acid groups (broad SMARTS) is 1. The number of hydrogen-bond acceptors (Lipinski definition) is 2. The van der Waals surface area contributed by atoms with Crippen LogP contribution in [-0.2, 0) is 9.59 Å². The molecule has 0 aromatic heterocycles. The fraction of sp³-hybridized carbons (Fsp3) is 0.875. The van der Waals surface area contributed by atoms with Gasteiger partial charge in [0, 0.05) is 19.0 Å². The lowest BCUT2D eigenvalue weighted by Gasteiger charge is -2.40. The number of carboxylic acids is 1. The summed E-state index contributed by atoms with van der Waals surface area (Å²) in [6.45, 7) is 5.06. The number of aliphatic carboxylic acids is 1. The molecule has 2 fully saturated rings. The molecule has 1 amide bonds. The summed E-state index contributed by atoms with van der Waals surface area (Å²) < 4.78 is 0. The average Bonchev–Trinajstić information content (AvgIpc) is 2.42. The van der Waals surface area contributed by atoms with Gasteiger partial charge in [-0.25, -0.2) is 0 Å². The van der Waals surface area contributed by atoms with Crippen LogP contribution in [0.3, 0.4) is 0 Å². The fourth-order valence-electron chi connectivity index (χ4n) is 3.77. The van der Waals surface area contributed by atoms with Crippen LogP contribution in [0.1, 0.15) is 65.2 Å². The molecule has 2 atom stereocenters. The Morgan fingerprint density at radius 1 is 1.15 bits per heavy atom. The number of rotatable bonds is 3. The van der Waals surface area contributed by atoms with Gasteiger partial charge < -0.3 is 10.0 Å². The van der Waals surface area contributed by atoms with E-state index in [-0.39, 0.29) is 18.4 Å². The summed E-state index contributed by atoms with van der Waals surface area (Å²) in [5.41, 5.74) is -0.796. The van der Waals surface area contributed by atoms with Gasteiger partial charge in [-0.05, 0) is 38.5 Å². The predicted octanol–water partition coefficient (Wildman–Crippen LogP) is 3.06. The van der Waals surface area contributed by atoms with E-state index >= 15 is 0 Å². The Hall–Kier alpha value is -1.06. The van der Waals surface area contributed by atoms with Gasteiger partial charge in [0.25, 0.3) is 0 Å². The van der Waals surface area contributed by atoms with Crippen LogP contribution in [0.25, 0.3) is 0 Å². The number of carbonyl (C=O) groups is 2. The minimum atomic E-state index is -0.796. The summed E-state index contributed by atoms with van der Waals surface area (Å²) >= 11 is 0. The lowest BCUT2D eigenvalue weighted by Crippen LogP contribution is -2.48. The Labute approximate surface area is 121 Å². The summed E-state index contributed by atoms with van der Waals surface area (Å²) in [6, 6.07) is 0.241. The molecule has 2 rings (SSSR count). The number of piperidine rings is 1. The molecule has 20 heavy (non-hydrogen) atoms. The maximum atomic E-state index is 12.6. The highest BCUT2D eigenvalue weighted by atomic mass is 16.4. The molecule has 0 radical (unpaired) electrons. The van der Waals surface area contributed by atoms with Crippen molar-refractivity contribution in [2.75, 3.05) is 6.54 Å². The normalized spacial score (nSPS) is 30.0. The molecule has 4 heteroatoms. The molecule has 0 spiro atoms. The van der Waals surface area contributed by atoms with Crippen molar-refractivity contribution in [3.05, 3.63) is 0 Å². The number of likely N-dealkylation sites (tertiary alicyclic amines) is 1. The Morgan fingerprint density at radius 3 is 2.40 bits per heavy atom. The van der Waals surface area contributed by atoms with Gasteiger partial charge in [-0.3, -0.25) is 9.59 Å². The molecule has 0 bridgehead atoms. The number of amides is 1. The molecule has 1 heterocycles. The average molecular weight is 281 g/mol. The van der Waals surface area contributed by atoms with Crippen molar-refractivity contribution >= 4 is 11.9 Å². The molecule has 0 aromatic carbocycles. The van der Waals surface area contributed by atoms with Crippen LogP contribution in [0.2, 0.25) is 0 Å². The molecule has 2 aliphatic rings. The van der Waals surface area contributed by atoms with Crippen LogP contribution in [0.15, 0.2) is 0 Å². The molecule has 1 aliphatic heterocycles. The van der Waals surface area contributed by atoms with E-state index in [2.05, 4.69) is 13.8 Å². The Bertz CT molecular complexity index is 374. The first-order valence-corrected chi connectivity index (χ1v) is 7.99. The number of nitrogens with zero attached hydrogens (tertiary/aromatic N) is 1. The molecule has 1 aliphatic carbocycles. The Morgan fingerprint density at radius 2 is 1.80 bits per heavy atom. The molecule has 1 N–H and O–H groups in total. The molecule has 4 nitrogen and oxygen atoms in total. The van der Waals surface area contributed by atoms with Crippen molar-refractivity contribution in [3.8, 4) is 0 Å². The zero-order chi connectivity index (χ0) is 14.8. The van der Waals surface area contributed by atoms with Gasteiger partial charge >= 0.3 is 5.97 Å². The summed E-state index contributed by atoms with van der Waals surface area (Å²) in [7, 11) is 0. The van der Waals surface area contributed by atoms with Gasteiger partial charge in [-0.15, -0.1) is 0 Å². The van der Waals surface area contributed by atoms with Crippen LogP contribution in [-0.4, -0.2) is 34.5 Å². The van der Waals surface area contributed by atoms with E-state index < -0.39 is 11.4 Å². The monoisotopic (exact) mass is 281 g/mol. The van der Waals surface area contributed by atoms with Crippen LogP contribution < -0.4 is 0 Å². The second-order valence-corrected chi connectivity index (χ2v) is 6.77. The third-order valence-electron chi connectivity index (χ3n) is 5.45. The van der Waals surface area contributed by atoms with Crippen molar-refractivity contribution in [3.63, 3.8) is 0 Å². The molecular formula is C16H27NO3. The highest BCUT2D eigenvalue weighted by Crippen LogP contribution is 2.40. The van der Waals surface area contributed by atoms with Gasteiger partial charge in [-0.1, -0.05) is 26.2 Å². The SMILES string of the molecule is CC1CCCN(C(=O)CC2(C(=O)O)CCCCC2)C1C. The standard InChI is InChI=1S/C16H27NO3/c1-12-7-6-10-17(13(12)2)14(18)11-16(15(19)20)8-4-3-5-9-16/h12-13H,3-11H2,1-2H3,(H,19,20). The maximum absolute atomic E-state index is 12.6. The van der Waals surface area contributed by atoms with Crippen LogP contribution >= 0.6 is 0 Å². The first kappa shape index (κ1) is 15.3. The first-order valence-electron chi connectivity index (χ1n) is 7.99.